The largest absolute Gasteiger partial charge is 0.376 e. The van der Waals surface area contributed by atoms with Gasteiger partial charge in [-0.05, 0) is 25.8 Å². The van der Waals surface area contributed by atoms with Gasteiger partial charge >= 0.3 is 0 Å². The van der Waals surface area contributed by atoms with E-state index in [0.29, 0.717) is 24.1 Å². The van der Waals surface area contributed by atoms with E-state index < -0.39 is 0 Å². The van der Waals surface area contributed by atoms with Crippen LogP contribution in [0, 0.1) is 5.92 Å². The maximum absolute atomic E-state index is 5.73. The lowest BCUT2D eigenvalue weighted by Crippen LogP contribution is -2.50. The molecule has 3 heteroatoms. The highest BCUT2D eigenvalue weighted by Gasteiger charge is 2.25. The lowest BCUT2D eigenvalue weighted by atomic mass is 10.0. The molecule has 1 saturated heterocycles. The summed E-state index contributed by atoms with van der Waals surface area (Å²) in [6.07, 6.45) is 1.57. The number of nitrogens with zero attached hydrogens (tertiary/aromatic N) is 1. The third-order valence-corrected chi connectivity index (χ3v) is 3.87. The van der Waals surface area contributed by atoms with Crippen molar-refractivity contribution < 1.29 is 4.74 Å². The average molecular weight is 242 g/mol. The van der Waals surface area contributed by atoms with Crippen molar-refractivity contribution >= 4 is 0 Å². The monoisotopic (exact) mass is 242 g/mol. The second-order valence-electron chi connectivity index (χ2n) is 5.68. The van der Waals surface area contributed by atoms with Gasteiger partial charge in [0.15, 0.2) is 0 Å². The van der Waals surface area contributed by atoms with Crippen molar-refractivity contribution in [1.82, 2.24) is 10.2 Å². The normalized spacial score (nSPS) is 26.1. The van der Waals surface area contributed by atoms with Crippen LogP contribution in [0.3, 0.4) is 0 Å². The minimum Gasteiger partial charge on any atom is -0.376 e. The van der Waals surface area contributed by atoms with E-state index in [1.165, 1.54) is 0 Å². The number of hydrogen-bond acceptors (Lipinski definition) is 3. The molecule has 0 amide bonds. The Morgan fingerprint density at radius 2 is 2.00 bits per heavy atom. The molecule has 0 aliphatic carbocycles. The second-order valence-corrected chi connectivity index (χ2v) is 5.68. The van der Waals surface area contributed by atoms with E-state index in [-0.39, 0.29) is 0 Å². The predicted molar refractivity (Wildman–Crippen MR) is 73.4 cm³/mol. The summed E-state index contributed by atoms with van der Waals surface area (Å²) in [5, 5.41) is 3.53. The molecule has 3 atom stereocenters. The summed E-state index contributed by atoms with van der Waals surface area (Å²) in [5.74, 6) is 0.688. The van der Waals surface area contributed by atoms with Crippen LogP contribution in [0.15, 0.2) is 0 Å². The highest BCUT2D eigenvalue weighted by molar-refractivity contribution is 4.79. The lowest BCUT2D eigenvalue weighted by Gasteiger charge is -2.39. The van der Waals surface area contributed by atoms with Crippen molar-refractivity contribution in [3.8, 4) is 0 Å². The van der Waals surface area contributed by atoms with Crippen LogP contribution in [-0.4, -0.2) is 49.3 Å². The molecule has 1 aliphatic rings. The molecule has 17 heavy (non-hydrogen) atoms. The molecule has 0 aromatic heterocycles. The zero-order chi connectivity index (χ0) is 12.8. The summed E-state index contributed by atoms with van der Waals surface area (Å²) in [5.41, 5.74) is 0. The maximum Gasteiger partial charge on any atom is 0.0700 e. The van der Waals surface area contributed by atoms with Crippen LogP contribution in [0.1, 0.15) is 41.0 Å². The molecular formula is C14H30N2O. The van der Waals surface area contributed by atoms with E-state index in [1.54, 1.807) is 0 Å². The Balaban J connectivity index is 2.36. The Hall–Kier alpha value is -0.120. The Kier molecular flexibility index (Phi) is 6.45. The van der Waals surface area contributed by atoms with Gasteiger partial charge in [0.05, 0.1) is 12.7 Å². The fourth-order valence-corrected chi connectivity index (χ4v) is 2.31. The molecule has 1 N–H and O–H groups in total. The van der Waals surface area contributed by atoms with E-state index in [1.807, 2.05) is 0 Å². The molecule has 1 aliphatic heterocycles. The number of morpholine rings is 1. The molecule has 1 rings (SSSR count). The molecular weight excluding hydrogens is 212 g/mol. The van der Waals surface area contributed by atoms with E-state index in [9.17, 15) is 0 Å². The lowest BCUT2D eigenvalue weighted by molar-refractivity contribution is -0.0488. The first-order chi connectivity index (χ1) is 8.04. The van der Waals surface area contributed by atoms with E-state index in [2.05, 4.69) is 44.8 Å². The van der Waals surface area contributed by atoms with Gasteiger partial charge in [0, 0.05) is 25.2 Å². The van der Waals surface area contributed by atoms with Gasteiger partial charge in [0.1, 0.15) is 0 Å². The van der Waals surface area contributed by atoms with E-state index in [0.717, 1.165) is 32.7 Å². The Bertz CT molecular complexity index is 208. The molecule has 3 nitrogen and oxygen atoms in total. The molecule has 1 heterocycles. The first-order valence-electron chi connectivity index (χ1n) is 7.13. The third-order valence-electron chi connectivity index (χ3n) is 3.87. The van der Waals surface area contributed by atoms with Crippen molar-refractivity contribution in [1.29, 1.82) is 0 Å². The van der Waals surface area contributed by atoms with E-state index in [4.69, 9.17) is 4.74 Å². The van der Waals surface area contributed by atoms with Gasteiger partial charge in [-0.3, -0.25) is 4.90 Å². The number of ether oxygens (including phenoxy) is 1. The van der Waals surface area contributed by atoms with Gasteiger partial charge < -0.3 is 10.1 Å². The quantitative estimate of drug-likeness (QED) is 0.772. The molecule has 3 unspecified atom stereocenters. The zero-order valence-corrected chi connectivity index (χ0v) is 12.2. The fraction of sp³-hybridized carbons (Fsp3) is 1.00. The zero-order valence-electron chi connectivity index (χ0n) is 12.2. The first kappa shape index (κ1) is 14.9. The molecule has 1 fully saturated rings. The summed E-state index contributed by atoms with van der Waals surface area (Å²) in [7, 11) is 0. The SMILES string of the molecule is CCC1CN(C(C)C(C)CNC(C)C)CCO1. The fourth-order valence-electron chi connectivity index (χ4n) is 2.31. The van der Waals surface area contributed by atoms with Gasteiger partial charge in [-0.25, -0.2) is 0 Å². The van der Waals surface area contributed by atoms with Crippen LogP contribution < -0.4 is 5.32 Å². The standard InChI is InChI=1S/C14H30N2O/c1-6-14-10-16(7-8-17-14)13(5)12(4)9-15-11(2)3/h11-15H,6-10H2,1-5H3. The van der Waals surface area contributed by atoms with Gasteiger partial charge in [-0.1, -0.05) is 27.7 Å². The minimum absolute atomic E-state index is 0.441. The van der Waals surface area contributed by atoms with Crippen LogP contribution in [0.2, 0.25) is 0 Å². The number of rotatable bonds is 6. The Morgan fingerprint density at radius 3 is 2.59 bits per heavy atom. The predicted octanol–water partition coefficient (Wildman–Crippen LogP) is 2.12. The topological polar surface area (TPSA) is 24.5 Å². The van der Waals surface area contributed by atoms with Crippen molar-refractivity contribution in [3.63, 3.8) is 0 Å². The van der Waals surface area contributed by atoms with Crippen LogP contribution in [0.5, 0.6) is 0 Å². The first-order valence-corrected chi connectivity index (χ1v) is 7.13. The summed E-state index contributed by atoms with van der Waals surface area (Å²) in [6, 6.07) is 1.22. The van der Waals surface area contributed by atoms with Crippen LogP contribution in [-0.2, 0) is 4.74 Å². The highest BCUT2D eigenvalue weighted by Crippen LogP contribution is 2.16. The van der Waals surface area contributed by atoms with Crippen LogP contribution >= 0.6 is 0 Å². The van der Waals surface area contributed by atoms with Crippen molar-refractivity contribution in [2.24, 2.45) is 5.92 Å². The molecule has 0 aromatic rings. The maximum atomic E-state index is 5.73. The Labute approximate surface area is 107 Å². The smallest absolute Gasteiger partial charge is 0.0700 e. The molecule has 0 bridgehead atoms. The third kappa shape index (κ3) is 4.94. The second kappa shape index (κ2) is 7.34. The summed E-state index contributed by atoms with van der Waals surface area (Å²) in [6.45, 7) is 15.5. The number of nitrogens with one attached hydrogen (secondary N) is 1. The van der Waals surface area contributed by atoms with E-state index >= 15 is 0 Å². The van der Waals surface area contributed by atoms with Gasteiger partial charge in [-0.15, -0.1) is 0 Å². The van der Waals surface area contributed by atoms with Crippen molar-refractivity contribution in [3.05, 3.63) is 0 Å². The average Bonchev–Trinajstić information content (AvgIpc) is 2.35. The molecule has 0 radical (unpaired) electrons. The summed E-state index contributed by atoms with van der Waals surface area (Å²) in [4.78, 5) is 2.59. The molecule has 0 spiro atoms. The van der Waals surface area contributed by atoms with Crippen LogP contribution in [0.25, 0.3) is 0 Å². The molecule has 102 valence electrons. The Morgan fingerprint density at radius 1 is 1.29 bits per heavy atom. The van der Waals surface area contributed by atoms with Gasteiger partial charge in [0.2, 0.25) is 0 Å². The van der Waals surface area contributed by atoms with Crippen molar-refractivity contribution in [2.45, 2.75) is 59.2 Å². The summed E-state index contributed by atoms with van der Waals surface area (Å²) >= 11 is 0. The minimum atomic E-state index is 0.441. The molecule has 0 aromatic carbocycles. The molecule has 0 saturated carbocycles. The van der Waals surface area contributed by atoms with Gasteiger partial charge in [-0.2, -0.15) is 0 Å². The summed E-state index contributed by atoms with van der Waals surface area (Å²) < 4.78 is 5.73. The highest BCUT2D eigenvalue weighted by atomic mass is 16.5. The number of hydrogen-bond donors (Lipinski definition) is 1. The van der Waals surface area contributed by atoms with Crippen molar-refractivity contribution in [2.75, 3.05) is 26.2 Å². The van der Waals surface area contributed by atoms with Gasteiger partial charge in [0.25, 0.3) is 0 Å². The van der Waals surface area contributed by atoms with Crippen LogP contribution in [0.4, 0.5) is 0 Å².